The van der Waals surface area contributed by atoms with E-state index in [4.69, 9.17) is 13.7 Å². The van der Waals surface area contributed by atoms with E-state index in [0.717, 1.165) is 10.4 Å². The normalized spacial score (nSPS) is 20.5. The number of halogens is 1. The fourth-order valence-corrected chi connectivity index (χ4v) is 12.8. The van der Waals surface area contributed by atoms with Crippen LogP contribution in [0, 0.1) is 5.82 Å². The molecular weight excluding hydrogens is 638 g/mol. The van der Waals surface area contributed by atoms with Gasteiger partial charge in [-0.25, -0.2) is 12.8 Å². The molecule has 1 amide bonds. The number of fused-ring (bicyclic) bond motifs is 1. The van der Waals surface area contributed by atoms with Crippen LogP contribution < -0.4 is 15.3 Å². The Morgan fingerprint density at radius 2 is 1.53 bits per heavy atom. The van der Waals surface area contributed by atoms with Crippen molar-refractivity contribution in [3.05, 3.63) is 83.8 Å². The fraction of sp³-hybridized carbons (Fsp3) is 0.429. The molecule has 4 aromatic rings. The maximum Gasteiger partial charge on any atom is 0.276 e. The minimum atomic E-state index is -3.21. The zero-order valence-corrected chi connectivity index (χ0v) is 29.3. The monoisotopic (exact) mass is 679 g/mol. The Hall–Kier alpha value is -3.58. The van der Waals surface area contributed by atoms with E-state index in [-0.39, 0.29) is 65.1 Å². The number of carbonyl (C=O) groups is 1. The summed E-state index contributed by atoms with van der Waals surface area (Å²) in [6.07, 6.45) is -0.275. The van der Waals surface area contributed by atoms with Crippen LogP contribution >= 0.6 is 0 Å². The Kier molecular flexibility index (Phi) is 9.07. The average molecular weight is 680 g/mol. The third kappa shape index (κ3) is 6.36. The molecule has 2 saturated heterocycles. The van der Waals surface area contributed by atoms with E-state index in [9.17, 15) is 13.2 Å². The molecule has 2 fully saturated rings. The van der Waals surface area contributed by atoms with Crippen molar-refractivity contribution in [3.63, 3.8) is 0 Å². The second-order valence-corrected chi connectivity index (χ2v) is 20.3. The van der Waals surface area contributed by atoms with Crippen LogP contribution in [0.25, 0.3) is 11.0 Å². The van der Waals surface area contributed by atoms with Crippen LogP contribution in [0.2, 0.25) is 5.04 Å². The number of rotatable bonds is 7. The van der Waals surface area contributed by atoms with Gasteiger partial charge >= 0.3 is 0 Å². The number of amides is 1. The summed E-state index contributed by atoms with van der Waals surface area (Å²) in [6, 6.07) is 22.2. The summed E-state index contributed by atoms with van der Waals surface area (Å²) in [5, 5.41) is 6.15. The van der Waals surface area contributed by atoms with Gasteiger partial charge in [0.15, 0.2) is 21.3 Å². The summed E-state index contributed by atoms with van der Waals surface area (Å²) < 4.78 is 59.6. The molecule has 1 aromatic heterocycles. The summed E-state index contributed by atoms with van der Waals surface area (Å²) in [4.78, 5) is 17.0. The molecule has 47 heavy (non-hydrogen) atoms. The van der Waals surface area contributed by atoms with Crippen LogP contribution in [-0.2, 0) is 25.6 Å². The number of morpholine rings is 1. The first-order valence-electron chi connectivity index (χ1n) is 16.1. The van der Waals surface area contributed by atoms with Crippen LogP contribution in [0.3, 0.4) is 0 Å². The van der Waals surface area contributed by atoms with Gasteiger partial charge in [0.25, 0.3) is 14.2 Å². The van der Waals surface area contributed by atoms with Gasteiger partial charge in [0.05, 0.1) is 41.4 Å². The fourth-order valence-electron chi connectivity index (χ4n) is 7.06. The Labute approximate surface area is 276 Å². The van der Waals surface area contributed by atoms with E-state index in [1.54, 1.807) is 6.07 Å². The summed E-state index contributed by atoms with van der Waals surface area (Å²) >= 11 is 0. The summed E-state index contributed by atoms with van der Waals surface area (Å²) in [6.45, 7) is 11.6. The highest BCUT2D eigenvalue weighted by atomic mass is 32.2. The van der Waals surface area contributed by atoms with E-state index in [0.29, 0.717) is 24.3 Å². The number of hydrogen-bond donors (Lipinski definition) is 0. The van der Waals surface area contributed by atoms with Gasteiger partial charge in [-0.1, -0.05) is 86.6 Å². The number of carbonyl (C=O) groups excluding carboxylic acids is 1. The number of hydrogen-bond acceptors (Lipinski definition) is 8. The summed E-state index contributed by atoms with van der Waals surface area (Å²) in [5.41, 5.74) is 0.758. The number of ether oxygens (including phenoxy) is 1. The molecule has 12 heteroatoms. The maximum absolute atomic E-state index is 16.8. The molecule has 2 atom stereocenters. The van der Waals surface area contributed by atoms with Crippen LogP contribution in [0.1, 0.15) is 50.7 Å². The van der Waals surface area contributed by atoms with Gasteiger partial charge in [0.1, 0.15) is 0 Å². The van der Waals surface area contributed by atoms with Gasteiger partial charge in [-0.15, -0.1) is 0 Å². The van der Waals surface area contributed by atoms with Crippen molar-refractivity contribution in [2.45, 2.75) is 58.5 Å². The van der Waals surface area contributed by atoms with Gasteiger partial charge in [-0.05, 0) is 35.3 Å². The van der Waals surface area contributed by atoms with Crippen molar-refractivity contribution in [1.82, 2.24) is 10.1 Å². The van der Waals surface area contributed by atoms with E-state index in [2.05, 4.69) is 50.2 Å². The third-order valence-electron chi connectivity index (χ3n) is 9.19. The van der Waals surface area contributed by atoms with Crippen molar-refractivity contribution >= 4 is 51.1 Å². The number of benzene rings is 3. The molecule has 0 aliphatic carbocycles. The summed E-state index contributed by atoms with van der Waals surface area (Å²) in [5.74, 6) is -1.35. The number of sulfone groups is 1. The Bertz CT molecular complexity index is 1800. The molecule has 0 saturated carbocycles. The molecule has 0 spiro atoms. The Balaban J connectivity index is 1.49. The molecule has 250 valence electrons. The number of nitrogens with zero attached hydrogens (tertiary/aromatic N) is 3. The molecular formula is C35H42FN3O6SSi. The van der Waals surface area contributed by atoms with Crippen LogP contribution in [0.4, 0.5) is 10.1 Å². The predicted octanol–water partition coefficient (Wildman–Crippen LogP) is 4.53. The highest BCUT2D eigenvalue weighted by molar-refractivity contribution is 7.91. The zero-order valence-electron chi connectivity index (χ0n) is 27.5. The minimum Gasteiger partial charge on any atom is -0.403 e. The lowest BCUT2D eigenvalue weighted by Crippen LogP contribution is -2.66. The second kappa shape index (κ2) is 12.8. The molecule has 0 N–H and O–H groups in total. The van der Waals surface area contributed by atoms with Crippen molar-refractivity contribution in [3.8, 4) is 0 Å². The zero-order chi connectivity index (χ0) is 33.6. The average Bonchev–Trinajstić information content (AvgIpc) is 3.45. The maximum atomic E-state index is 16.8. The van der Waals surface area contributed by atoms with Crippen molar-refractivity contribution < 1.29 is 31.3 Å². The third-order valence-corrected chi connectivity index (χ3v) is 15.8. The highest BCUT2D eigenvalue weighted by Crippen LogP contribution is 2.40. The molecule has 2 aliphatic heterocycles. The van der Waals surface area contributed by atoms with E-state index in [1.165, 1.54) is 4.90 Å². The lowest BCUT2D eigenvalue weighted by atomic mass is 10.0. The van der Waals surface area contributed by atoms with E-state index < -0.39 is 29.9 Å². The molecule has 3 heterocycles. The van der Waals surface area contributed by atoms with Crippen molar-refractivity contribution in [2.75, 3.05) is 42.6 Å². The van der Waals surface area contributed by atoms with Gasteiger partial charge in [-0.2, -0.15) is 0 Å². The standard InChI is InChI=1S/C35H42FN3O6SSi/c1-24-21-39(22-25(2)44-24)32-26(20-29-31(37-45-33(29)30(32)36)34(40)38-16-18-46(41,42)19-17-38)23-43-47(35(3,4)5,27-12-8-6-9-13-27)28-14-10-7-11-15-28/h6-15,20,24-25H,16-19,21-23H2,1-5H3/t24-,25+. The molecule has 0 bridgehead atoms. The van der Waals surface area contributed by atoms with E-state index >= 15 is 4.39 Å². The first-order chi connectivity index (χ1) is 22.3. The van der Waals surface area contributed by atoms with Crippen molar-refractivity contribution in [1.29, 1.82) is 0 Å². The Morgan fingerprint density at radius 1 is 0.979 bits per heavy atom. The predicted molar refractivity (Wildman–Crippen MR) is 183 cm³/mol. The second-order valence-electron chi connectivity index (χ2n) is 13.7. The lowest BCUT2D eigenvalue weighted by Gasteiger charge is -2.43. The van der Waals surface area contributed by atoms with Crippen LogP contribution in [0.15, 0.2) is 71.3 Å². The van der Waals surface area contributed by atoms with Crippen LogP contribution in [0.5, 0.6) is 0 Å². The molecule has 3 aromatic carbocycles. The first-order valence-corrected chi connectivity index (χ1v) is 19.8. The highest BCUT2D eigenvalue weighted by Gasteiger charge is 2.50. The SMILES string of the molecule is C[C@@H]1CN(c2c(CO[Si](c3ccccc3)(c3ccccc3)C(C)(C)C)cc3c(C(=O)N4CCS(=O)(=O)CC4)noc3c2F)C[C@H](C)O1. The van der Waals surface area contributed by atoms with Gasteiger partial charge < -0.3 is 23.5 Å². The lowest BCUT2D eigenvalue weighted by molar-refractivity contribution is -0.00549. The van der Waals surface area contributed by atoms with Crippen LogP contribution in [-0.4, -0.2) is 82.6 Å². The smallest absolute Gasteiger partial charge is 0.276 e. The summed E-state index contributed by atoms with van der Waals surface area (Å²) in [7, 11) is -6.22. The van der Waals surface area contributed by atoms with Gasteiger partial charge in [-0.3, -0.25) is 4.79 Å². The number of anilines is 1. The molecule has 0 radical (unpaired) electrons. The number of aromatic nitrogens is 1. The topological polar surface area (TPSA) is 102 Å². The van der Waals surface area contributed by atoms with Gasteiger partial charge in [0.2, 0.25) is 5.58 Å². The minimum absolute atomic E-state index is 0.0415. The van der Waals surface area contributed by atoms with Crippen molar-refractivity contribution in [2.24, 2.45) is 0 Å². The molecule has 9 nitrogen and oxygen atoms in total. The Morgan fingerprint density at radius 3 is 2.06 bits per heavy atom. The quantitative estimate of drug-likeness (QED) is 0.263. The molecule has 2 aliphatic rings. The molecule has 6 rings (SSSR count). The van der Waals surface area contributed by atoms with E-state index in [1.807, 2.05) is 55.1 Å². The first kappa shape index (κ1) is 33.3. The molecule has 0 unspecified atom stereocenters. The van der Waals surface area contributed by atoms with Gasteiger partial charge in [0, 0.05) is 31.7 Å². The largest absolute Gasteiger partial charge is 0.403 e.